The van der Waals surface area contributed by atoms with Crippen molar-refractivity contribution in [2.24, 2.45) is 0 Å². The second kappa shape index (κ2) is 2.33. The summed E-state index contributed by atoms with van der Waals surface area (Å²) in [4.78, 5) is 10.2. The van der Waals surface area contributed by atoms with E-state index in [4.69, 9.17) is 11.2 Å². The Balaban J connectivity index is 2.54. The van der Waals surface area contributed by atoms with Crippen LogP contribution in [0.3, 0.4) is 0 Å². The van der Waals surface area contributed by atoms with Gasteiger partial charge in [0.2, 0.25) is 0 Å². The first kappa shape index (κ1) is 5.86. The highest BCUT2D eigenvalue weighted by molar-refractivity contribution is 7.76. The van der Waals surface area contributed by atoms with Crippen LogP contribution in [0.15, 0.2) is 12.3 Å². The zero-order chi connectivity index (χ0) is 5.98. The van der Waals surface area contributed by atoms with Gasteiger partial charge in [0.1, 0.15) is 0 Å². The number of carbonyl (C=O) groups excluding carboxylic acids is 1. The first-order valence-electron chi connectivity index (χ1n) is 1.80. The Bertz CT molecular complexity index is 134. The van der Waals surface area contributed by atoms with E-state index in [1.165, 1.54) is 12.3 Å². The van der Waals surface area contributed by atoms with Crippen LogP contribution in [0, 0.1) is 0 Å². The van der Waals surface area contributed by atoms with Crippen molar-refractivity contribution in [3.05, 3.63) is 12.3 Å². The van der Waals surface area contributed by atoms with Crippen LogP contribution in [0.2, 0.25) is 0 Å². The van der Waals surface area contributed by atoms with Gasteiger partial charge in [-0.25, -0.2) is 4.79 Å². The van der Waals surface area contributed by atoms with E-state index in [-0.39, 0.29) is 0 Å². The minimum Gasteiger partial charge on any atom is -0.435 e. The maximum Gasteiger partial charge on any atom is 0.403 e. The maximum atomic E-state index is 10.2. The predicted molar refractivity (Wildman–Crippen MR) is 29.1 cm³/mol. The van der Waals surface area contributed by atoms with Crippen molar-refractivity contribution in [2.45, 2.75) is 0 Å². The normalized spacial score (nSPS) is 26.6. The number of halogens is 1. The van der Waals surface area contributed by atoms with Gasteiger partial charge in [0.15, 0.2) is 0 Å². The van der Waals surface area contributed by atoms with Gasteiger partial charge in [0.05, 0.1) is 12.3 Å². The highest BCUT2D eigenvalue weighted by atomic mass is 35.7. The van der Waals surface area contributed by atoms with Crippen molar-refractivity contribution in [1.29, 1.82) is 0 Å². The third kappa shape index (κ3) is 1.35. The zero-order valence-corrected chi connectivity index (χ0v) is 5.35. The molecule has 0 aromatic carbocycles. The molecule has 1 aliphatic heterocycles. The van der Waals surface area contributed by atoms with E-state index in [1.807, 2.05) is 0 Å². The van der Waals surface area contributed by atoms with Gasteiger partial charge >= 0.3 is 13.7 Å². The molecule has 0 fully saturated rings. The smallest absolute Gasteiger partial charge is 0.403 e. The Morgan fingerprint density at radius 3 is 2.88 bits per heavy atom. The largest absolute Gasteiger partial charge is 0.435 e. The van der Waals surface area contributed by atoms with Crippen molar-refractivity contribution in [3.8, 4) is 0 Å². The summed E-state index contributed by atoms with van der Waals surface area (Å²) in [6.45, 7) is 0. The van der Waals surface area contributed by atoms with Crippen LogP contribution in [0.25, 0.3) is 0 Å². The molecule has 1 aliphatic rings. The SMILES string of the molecule is O=C1C=COP(Cl)O1. The van der Waals surface area contributed by atoms with Gasteiger partial charge in [-0.3, -0.25) is 0 Å². The lowest BCUT2D eigenvalue weighted by molar-refractivity contribution is -0.129. The second-order valence-electron chi connectivity index (χ2n) is 1.03. The van der Waals surface area contributed by atoms with E-state index in [2.05, 4.69) is 9.05 Å². The highest BCUT2D eigenvalue weighted by Gasteiger charge is 2.14. The predicted octanol–water partition coefficient (Wildman–Crippen LogP) is 1.54. The Kier molecular flexibility index (Phi) is 1.71. The number of hydrogen-bond donors (Lipinski definition) is 0. The van der Waals surface area contributed by atoms with Crippen LogP contribution in [0.1, 0.15) is 0 Å². The summed E-state index contributed by atoms with van der Waals surface area (Å²) < 4.78 is 8.92. The van der Waals surface area contributed by atoms with Crippen molar-refractivity contribution >= 4 is 24.9 Å². The average molecular weight is 152 g/mol. The Morgan fingerprint density at radius 1 is 1.75 bits per heavy atom. The molecule has 1 rings (SSSR count). The molecule has 1 heterocycles. The molecule has 5 heteroatoms. The first-order chi connectivity index (χ1) is 3.79. The van der Waals surface area contributed by atoms with Gasteiger partial charge in [-0.05, 0) is 11.2 Å². The average Bonchev–Trinajstić information content (AvgIpc) is 1.64. The van der Waals surface area contributed by atoms with Gasteiger partial charge in [0.25, 0.3) is 0 Å². The number of carbonyl (C=O) groups is 1. The number of rotatable bonds is 0. The molecule has 0 saturated carbocycles. The van der Waals surface area contributed by atoms with Crippen molar-refractivity contribution in [3.63, 3.8) is 0 Å². The standard InChI is InChI=1S/C3H2ClO3P/c4-8-6-2-1-3(5)7-8/h1-2H. The van der Waals surface area contributed by atoms with E-state index in [0.29, 0.717) is 0 Å². The van der Waals surface area contributed by atoms with E-state index < -0.39 is 13.7 Å². The van der Waals surface area contributed by atoms with Crippen molar-refractivity contribution < 1.29 is 13.8 Å². The second-order valence-corrected chi connectivity index (χ2v) is 2.68. The summed E-state index contributed by atoms with van der Waals surface area (Å²) >= 11 is 5.26. The lowest BCUT2D eigenvalue weighted by Crippen LogP contribution is -1.97. The quantitative estimate of drug-likeness (QED) is 0.494. The van der Waals surface area contributed by atoms with Gasteiger partial charge in [-0.1, -0.05) is 0 Å². The van der Waals surface area contributed by atoms with Crippen LogP contribution in [0.4, 0.5) is 0 Å². The minimum atomic E-state index is -1.50. The Morgan fingerprint density at radius 2 is 2.50 bits per heavy atom. The summed E-state index contributed by atoms with van der Waals surface area (Å²) in [5, 5.41) is 0. The molecule has 0 N–H and O–H groups in total. The molecule has 0 bridgehead atoms. The minimum absolute atomic E-state index is 0.447. The van der Waals surface area contributed by atoms with E-state index in [9.17, 15) is 4.79 Å². The fourth-order valence-corrected chi connectivity index (χ4v) is 1.00. The zero-order valence-electron chi connectivity index (χ0n) is 3.70. The van der Waals surface area contributed by atoms with E-state index in [1.54, 1.807) is 0 Å². The summed E-state index contributed by atoms with van der Waals surface area (Å²) in [5.74, 6) is -0.447. The first-order valence-corrected chi connectivity index (χ1v) is 3.88. The molecule has 44 valence electrons. The molecule has 1 atom stereocenters. The van der Waals surface area contributed by atoms with Gasteiger partial charge in [-0.2, -0.15) is 0 Å². The van der Waals surface area contributed by atoms with Gasteiger partial charge in [-0.15, -0.1) is 0 Å². The summed E-state index contributed by atoms with van der Waals surface area (Å²) in [5.41, 5.74) is 0. The summed E-state index contributed by atoms with van der Waals surface area (Å²) in [6, 6.07) is 0. The topological polar surface area (TPSA) is 35.5 Å². The third-order valence-electron chi connectivity index (χ3n) is 0.510. The third-order valence-corrected chi connectivity index (χ3v) is 1.57. The molecule has 1 unspecified atom stereocenters. The molecular weight excluding hydrogens is 150 g/mol. The summed E-state index contributed by atoms with van der Waals surface area (Å²) in [7, 11) is -1.50. The molecule has 0 spiro atoms. The molecular formula is C3H2ClO3P. The van der Waals surface area contributed by atoms with Crippen LogP contribution < -0.4 is 0 Å². The summed E-state index contributed by atoms with van der Waals surface area (Å²) in [6.07, 6.45) is 2.39. The van der Waals surface area contributed by atoms with E-state index in [0.717, 1.165) is 0 Å². The van der Waals surface area contributed by atoms with Gasteiger partial charge in [0, 0.05) is 0 Å². The van der Waals surface area contributed by atoms with Crippen molar-refractivity contribution in [1.82, 2.24) is 0 Å². The van der Waals surface area contributed by atoms with Crippen LogP contribution in [-0.2, 0) is 13.8 Å². The van der Waals surface area contributed by atoms with E-state index >= 15 is 0 Å². The van der Waals surface area contributed by atoms with Crippen LogP contribution in [-0.4, -0.2) is 5.97 Å². The molecule has 0 amide bonds. The van der Waals surface area contributed by atoms with Crippen LogP contribution in [0.5, 0.6) is 0 Å². The molecule has 0 aromatic rings. The molecule has 3 nitrogen and oxygen atoms in total. The van der Waals surface area contributed by atoms with Gasteiger partial charge < -0.3 is 9.05 Å². The fraction of sp³-hybridized carbons (Fsp3) is 0. The van der Waals surface area contributed by atoms with Crippen LogP contribution >= 0.6 is 19.0 Å². The van der Waals surface area contributed by atoms with Crippen molar-refractivity contribution in [2.75, 3.05) is 0 Å². The molecule has 0 aliphatic carbocycles. The Labute approximate surface area is 51.9 Å². The molecule has 8 heavy (non-hydrogen) atoms. The molecule has 0 radical (unpaired) electrons. The number of hydrogen-bond acceptors (Lipinski definition) is 3. The monoisotopic (exact) mass is 152 g/mol. The lowest BCUT2D eigenvalue weighted by atomic mass is 10.7. The lowest BCUT2D eigenvalue weighted by Gasteiger charge is -2.08. The maximum absolute atomic E-state index is 10.2. The Hall–Kier alpha value is -0.270. The molecule has 0 saturated heterocycles. The highest BCUT2D eigenvalue weighted by Crippen LogP contribution is 2.45. The molecule has 0 aromatic heterocycles. The fourth-order valence-electron chi connectivity index (χ4n) is 0.257.